The predicted octanol–water partition coefficient (Wildman–Crippen LogP) is 2.94. The zero-order chi connectivity index (χ0) is 14.0. The van der Waals surface area contributed by atoms with Crippen LogP contribution in [0.1, 0.15) is 30.1 Å². The van der Waals surface area contributed by atoms with Crippen molar-refractivity contribution in [3.8, 4) is 17.2 Å². The number of hydrogen-bond donors (Lipinski definition) is 0. The third-order valence-electron chi connectivity index (χ3n) is 3.71. The molecule has 1 unspecified atom stereocenters. The van der Waals surface area contributed by atoms with Gasteiger partial charge in [0, 0.05) is 5.92 Å². The molecule has 0 saturated heterocycles. The summed E-state index contributed by atoms with van der Waals surface area (Å²) in [5.41, 5.74) is 0.569. The van der Waals surface area contributed by atoms with Crippen molar-refractivity contribution in [2.24, 2.45) is 11.8 Å². The summed E-state index contributed by atoms with van der Waals surface area (Å²) in [6.45, 7) is 1.98. The van der Waals surface area contributed by atoms with E-state index in [2.05, 4.69) is 0 Å². The molecular weight excluding hydrogens is 244 g/mol. The van der Waals surface area contributed by atoms with Gasteiger partial charge in [0.25, 0.3) is 0 Å². The van der Waals surface area contributed by atoms with Gasteiger partial charge in [0.05, 0.1) is 26.9 Å². The summed E-state index contributed by atoms with van der Waals surface area (Å²) in [5.74, 6) is 2.16. The average Bonchev–Trinajstić information content (AvgIpc) is 3.28. The molecule has 0 aromatic heterocycles. The van der Waals surface area contributed by atoms with Crippen molar-refractivity contribution in [2.45, 2.75) is 19.8 Å². The minimum Gasteiger partial charge on any atom is -0.493 e. The molecule has 0 radical (unpaired) electrons. The van der Waals surface area contributed by atoms with Crippen LogP contribution in [-0.2, 0) is 0 Å². The molecule has 104 valence electrons. The summed E-state index contributed by atoms with van der Waals surface area (Å²) in [6.07, 6.45) is 2.28. The lowest BCUT2D eigenvalue weighted by atomic mass is 9.94. The Hall–Kier alpha value is -1.71. The van der Waals surface area contributed by atoms with E-state index in [0.29, 0.717) is 28.7 Å². The Morgan fingerprint density at radius 2 is 1.74 bits per heavy atom. The van der Waals surface area contributed by atoms with E-state index in [9.17, 15) is 4.79 Å². The summed E-state index contributed by atoms with van der Waals surface area (Å²) in [5, 5.41) is 0. The van der Waals surface area contributed by atoms with Crippen molar-refractivity contribution in [2.75, 3.05) is 21.3 Å². The SMILES string of the molecule is COc1ccc(C(=O)C(C)C2CC2)c(OC)c1OC. The molecule has 0 bridgehead atoms. The second-order valence-corrected chi connectivity index (χ2v) is 4.87. The Labute approximate surface area is 113 Å². The van der Waals surface area contributed by atoms with Crippen LogP contribution in [0.5, 0.6) is 17.2 Å². The number of carbonyl (C=O) groups excluding carboxylic acids is 1. The summed E-state index contributed by atoms with van der Waals surface area (Å²) >= 11 is 0. The lowest BCUT2D eigenvalue weighted by Crippen LogP contribution is -2.15. The van der Waals surface area contributed by atoms with E-state index in [-0.39, 0.29) is 11.7 Å². The van der Waals surface area contributed by atoms with Crippen LogP contribution in [-0.4, -0.2) is 27.1 Å². The normalized spacial score (nSPS) is 15.8. The first kappa shape index (κ1) is 13.7. The van der Waals surface area contributed by atoms with Gasteiger partial charge < -0.3 is 14.2 Å². The molecule has 0 amide bonds. The number of rotatable bonds is 6. The Kier molecular flexibility index (Phi) is 3.98. The molecule has 1 aromatic rings. The zero-order valence-corrected chi connectivity index (χ0v) is 11.9. The first-order valence-corrected chi connectivity index (χ1v) is 6.47. The first-order chi connectivity index (χ1) is 9.13. The van der Waals surface area contributed by atoms with Gasteiger partial charge in [0.15, 0.2) is 17.3 Å². The van der Waals surface area contributed by atoms with E-state index >= 15 is 0 Å². The quantitative estimate of drug-likeness (QED) is 0.741. The van der Waals surface area contributed by atoms with Crippen molar-refractivity contribution in [3.63, 3.8) is 0 Å². The lowest BCUT2D eigenvalue weighted by molar-refractivity contribution is 0.0912. The highest BCUT2D eigenvalue weighted by molar-refractivity contribution is 6.01. The number of ketones is 1. The molecule has 0 aliphatic heterocycles. The van der Waals surface area contributed by atoms with Gasteiger partial charge >= 0.3 is 0 Å². The molecule has 0 spiro atoms. The summed E-state index contributed by atoms with van der Waals surface area (Å²) < 4.78 is 15.9. The van der Waals surface area contributed by atoms with Crippen LogP contribution in [0.3, 0.4) is 0 Å². The van der Waals surface area contributed by atoms with E-state index in [4.69, 9.17) is 14.2 Å². The minimum atomic E-state index is 0.0343. The number of methoxy groups -OCH3 is 3. The molecule has 1 aliphatic carbocycles. The monoisotopic (exact) mass is 264 g/mol. The van der Waals surface area contributed by atoms with Crippen molar-refractivity contribution in [1.82, 2.24) is 0 Å². The van der Waals surface area contributed by atoms with Gasteiger partial charge in [-0.15, -0.1) is 0 Å². The highest BCUT2D eigenvalue weighted by Gasteiger charge is 2.34. The molecule has 1 fully saturated rings. The molecule has 0 N–H and O–H groups in total. The standard InChI is InChI=1S/C15H20O4/c1-9(10-5-6-10)13(16)11-7-8-12(17-2)15(19-4)14(11)18-3/h7-10H,5-6H2,1-4H3. The van der Waals surface area contributed by atoms with E-state index in [1.165, 1.54) is 7.11 Å². The Morgan fingerprint density at radius 3 is 2.21 bits per heavy atom. The minimum absolute atomic E-state index is 0.0343. The highest BCUT2D eigenvalue weighted by Crippen LogP contribution is 2.43. The van der Waals surface area contributed by atoms with Crippen molar-refractivity contribution in [1.29, 1.82) is 0 Å². The fraction of sp³-hybridized carbons (Fsp3) is 0.533. The number of ether oxygens (including phenoxy) is 3. The molecule has 0 heterocycles. The Bertz CT molecular complexity index is 477. The zero-order valence-electron chi connectivity index (χ0n) is 11.9. The molecule has 4 heteroatoms. The number of hydrogen-bond acceptors (Lipinski definition) is 4. The van der Waals surface area contributed by atoms with Gasteiger partial charge in [-0.3, -0.25) is 4.79 Å². The highest BCUT2D eigenvalue weighted by atomic mass is 16.5. The largest absolute Gasteiger partial charge is 0.493 e. The smallest absolute Gasteiger partial charge is 0.204 e. The van der Waals surface area contributed by atoms with Crippen LogP contribution in [0.4, 0.5) is 0 Å². The van der Waals surface area contributed by atoms with Gasteiger partial charge in [-0.25, -0.2) is 0 Å². The molecule has 4 nitrogen and oxygen atoms in total. The van der Waals surface area contributed by atoms with Gasteiger partial charge in [-0.05, 0) is 30.9 Å². The van der Waals surface area contributed by atoms with Crippen LogP contribution < -0.4 is 14.2 Å². The van der Waals surface area contributed by atoms with Crippen molar-refractivity contribution in [3.05, 3.63) is 17.7 Å². The van der Waals surface area contributed by atoms with Gasteiger partial charge in [-0.2, -0.15) is 0 Å². The lowest BCUT2D eigenvalue weighted by Gasteiger charge is -2.17. The van der Waals surface area contributed by atoms with Crippen LogP contribution in [0.25, 0.3) is 0 Å². The van der Waals surface area contributed by atoms with Crippen LogP contribution in [0, 0.1) is 11.8 Å². The predicted molar refractivity (Wildman–Crippen MR) is 72.3 cm³/mol. The summed E-state index contributed by atoms with van der Waals surface area (Å²) in [7, 11) is 4.64. The third kappa shape index (κ3) is 2.53. The first-order valence-electron chi connectivity index (χ1n) is 6.47. The fourth-order valence-electron chi connectivity index (χ4n) is 2.35. The maximum Gasteiger partial charge on any atom is 0.204 e. The maximum absolute atomic E-state index is 12.5. The van der Waals surface area contributed by atoms with Gasteiger partial charge in [-0.1, -0.05) is 6.92 Å². The fourth-order valence-corrected chi connectivity index (χ4v) is 2.35. The number of benzene rings is 1. The topological polar surface area (TPSA) is 44.8 Å². The van der Waals surface area contributed by atoms with Crippen molar-refractivity contribution >= 4 is 5.78 Å². The van der Waals surface area contributed by atoms with E-state index in [1.54, 1.807) is 26.4 Å². The summed E-state index contributed by atoms with van der Waals surface area (Å²) in [4.78, 5) is 12.5. The van der Waals surface area contributed by atoms with E-state index in [0.717, 1.165) is 12.8 Å². The number of Topliss-reactive ketones (excluding diaryl/α,β-unsaturated/α-hetero) is 1. The third-order valence-corrected chi connectivity index (χ3v) is 3.71. The Morgan fingerprint density at radius 1 is 1.11 bits per heavy atom. The second kappa shape index (κ2) is 5.51. The van der Waals surface area contributed by atoms with Crippen LogP contribution >= 0.6 is 0 Å². The van der Waals surface area contributed by atoms with Gasteiger partial charge in [0.2, 0.25) is 5.75 Å². The van der Waals surface area contributed by atoms with E-state index < -0.39 is 0 Å². The second-order valence-electron chi connectivity index (χ2n) is 4.87. The van der Waals surface area contributed by atoms with Crippen LogP contribution in [0.2, 0.25) is 0 Å². The molecule has 19 heavy (non-hydrogen) atoms. The summed E-state index contributed by atoms with van der Waals surface area (Å²) in [6, 6.07) is 3.50. The maximum atomic E-state index is 12.5. The number of carbonyl (C=O) groups is 1. The van der Waals surface area contributed by atoms with Crippen molar-refractivity contribution < 1.29 is 19.0 Å². The Balaban J connectivity index is 2.41. The molecule has 1 aromatic carbocycles. The molecule has 1 aliphatic rings. The molecule has 1 saturated carbocycles. The van der Waals surface area contributed by atoms with Gasteiger partial charge in [0.1, 0.15) is 0 Å². The molecule has 1 atom stereocenters. The van der Waals surface area contributed by atoms with Crippen LogP contribution in [0.15, 0.2) is 12.1 Å². The molecule has 2 rings (SSSR count). The molecular formula is C15H20O4. The van der Waals surface area contributed by atoms with E-state index in [1.807, 2.05) is 6.92 Å². The average molecular weight is 264 g/mol.